The number of carbonyl (C=O) groups excluding carboxylic acids is 3. The van der Waals surface area contributed by atoms with Crippen LogP contribution in [0.3, 0.4) is 0 Å². The molecule has 9 heteroatoms. The van der Waals surface area contributed by atoms with Gasteiger partial charge in [-0.05, 0) is 51.4 Å². The molecule has 0 amide bonds. The number of quaternary nitrogens is 1. The number of hydrogen-bond acceptors (Lipinski definition) is 8. The first kappa shape index (κ1) is 72.2. The summed E-state index contributed by atoms with van der Waals surface area (Å²) in [4.78, 5) is 37.4. The molecule has 0 rings (SSSR count). The summed E-state index contributed by atoms with van der Waals surface area (Å²) in [6.07, 6.45) is 68.9. The van der Waals surface area contributed by atoms with E-state index >= 15 is 0 Å². The van der Waals surface area contributed by atoms with E-state index in [4.69, 9.17) is 18.9 Å². The number of carboxylic acids is 1. The van der Waals surface area contributed by atoms with Gasteiger partial charge in [0.1, 0.15) is 13.2 Å². The molecule has 0 aliphatic rings. The van der Waals surface area contributed by atoms with Crippen LogP contribution >= 0.6 is 0 Å². The molecule has 0 saturated carbocycles. The molecule has 0 spiro atoms. The number of ether oxygens (including phenoxy) is 4. The van der Waals surface area contributed by atoms with E-state index in [1.165, 1.54) is 205 Å². The summed E-state index contributed by atoms with van der Waals surface area (Å²) in [5.74, 6) is -2.26. The first-order chi connectivity index (χ1) is 36.6. The van der Waals surface area contributed by atoms with Gasteiger partial charge in [-0.2, -0.15) is 0 Å². The maximum atomic E-state index is 12.9. The van der Waals surface area contributed by atoms with Crippen molar-refractivity contribution in [1.82, 2.24) is 0 Å². The van der Waals surface area contributed by atoms with E-state index in [2.05, 4.69) is 62.5 Å². The molecule has 0 aromatic carbocycles. The molecular weight excluding hydrogens is 935 g/mol. The third kappa shape index (κ3) is 58.8. The molecule has 0 radical (unpaired) electrons. The highest BCUT2D eigenvalue weighted by Gasteiger charge is 2.22. The van der Waals surface area contributed by atoms with Crippen molar-refractivity contribution in [1.29, 1.82) is 0 Å². The maximum Gasteiger partial charge on any atom is 0.306 e. The summed E-state index contributed by atoms with van der Waals surface area (Å²) in [7, 11) is 5.93. The number of likely N-dealkylation sites (N-methyl/N-ethyl adjacent to an activating group) is 1. The van der Waals surface area contributed by atoms with Crippen molar-refractivity contribution in [3.05, 3.63) is 48.6 Å². The van der Waals surface area contributed by atoms with Crippen molar-refractivity contribution >= 4 is 17.9 Å². The van der Waals surface area contributed by atoms with Gasteiger partial charge in [0.15, 0.2) is 12.4 Å². The van der Waals surface area contributed by atoms with Gasteiger partial charge >= 0.3 is 11.9 Å². The number of hydrogen-bond donors (Lipinski definition) is 0. The van der Waals surface area contributed by atoms with Gasteiger partial charge in [-0.3, -0.25) is 9.59 Å². The number of rotatable bonds is 59. The van der Waals surface area contributed by atoms with Crippen LogP contribution < -0.4 is 5.11 Å². The molecular formula is C66H121NO8. The standard InChI is InChI=1S/C66H121NO8/c1-6-8-10-12-14-16-18-20-22-24-26-27-28-29-30-31-32-33-34-35-36-37-39-41-43-45-47-49-51-53-55-57-64(69)75-62(61-74-66(65(70)71)72-59-58-67(3,4)5)60-73-63(68)56-54-52-50-48-46-44-42-40-38-25-23-21-19-17-15-13-11-9-7-2/h8,10,14,16,20,22,26-27,62,66H,6-7,9,11-13,15,17-19,21,23-25,28-61H2,1-5H3/b10-8-,16-14-,22-20-,27-26-. The first-order valence-corrected chi connectivity index (χ1v) is 31.8. The van der Waals surface area contributed by atoms with E-state index in [1.807, 2.05) is 21.1 Å². The van der Waals surface area contributed by atoms with E-state index in [0.29, 0.717) is 23.9 Å². The monoisotopic (exact) mass is 1060 g/mol. The van der Waals surface area contributed by atoms with Gasteiger partial charge in [0.05, 0.1) is 40.3 Å². The van der Waals surface area contributed by atoms with E-state index < -0.39 is 24.3 Å². The van der Waals surface area contributed by atoms with Crippen molar-refractivity contribution in [2.75, 3.05) is 47.5 Å². The summed E-state index contributed by atoms with van der Waals surface area (Å²) in [5.41, 5.74) is 0. The molecule has 438 valence electrons. The lowest BCUT2D eigenvalue weighted by atomic mass is 10.0. The van der Waals surface area contributed by atoms with Crippen LogP contribution in [-0.2, 0) is 33.3 Å². The molecule has 0 aromatic rings. The Balaban J connectivity index is 4.11. The smallest absolute Gasteiger partial charge is 0.306 e. The number of allylic oxidation sites excluding steroid dienone is 8. The fraction of sp³-hybridized carbons (Fsp3) is 0.833. The summed E-state index contributed by atoms with van der Waals surface area (Å²) >= 11 is 0. The van der Waals surface area contributed by atoms with Crippen LogP contribution in [-0.4, -0.2) is 82.3 Å². The Hall–Kier alpha value is -2.75. The summed E-state index contributed by atoms with van der Waals surface area (Å²) in [6, 6.07) is 0. The SMILES string of the molecule is CC/C=C\C/C=C\C/C=C\C/C=C\CCCCCCCCCCCCCCCCCCCCC(=O)OC(COC(=O)CCCCCCCCCCCCCCCCCCCCC)COC(OCC[N+](C)(C)C)C(=O)[O-]. The van der Waals surface area contributed by atoms with E-state index in [9.17, 15) is 19.5 Å². The van der Waals surface area contributed by atoms with Crippen molar-refractivity contribution in [2.45, 2.75) is 309 Å². The van der Waals surface area contributed by atoms with Crippen LogP contribution in [0.1, 0.15) is 296 Å². The van der Waals surface area contributed by atoms with E-state index in [1.54, 1.807) is 0 Å². The zero-order valence-corrected chi connectivity index (χ0v) is 49.9. The van der Waals surface area contributed by atoms with E-state index in [0.717, 1.165) is 57.8 Å². The lowest BCUT2D eigenvalue weighted by Crippen LogP contribution is -2.44. The summed E-state index contributed by atoms with van der Waals surface area (Å²) in [6.45, 7) is 4.69. The Morgan fingerprint density at radius 3 is 1.13 bits per heavy atom. The molecule has 0 bridgehead atoms. The number of nitrogens with zero attached hydrogens (tertiary/aromatic N) is 1. The minimum atomic E-state index is -1.62. The van der Waals surface area contributed by atoms with Crippen LogP contribution in [0.4, 0.5) is 0 Å². The molecule has 9 nitrogen and oxygen atoms in total. The van der Waals surface area contributed by atoms with Gasteiger partial charge in [-0.25, -0.2) is 0 Å². The Bertz CT molecular complexity index is 1370. The first-order valence-electron chi connectivity index (χ1n) is 31.8. The molecule has 0 saturated heterocycles. The number of esters is 2. The van der Waals surface area contributed by atoms with Gasteiger partial charge in [-0.1, -0.05) is 281 Å². The molecule has 0 aromatic heterocycles. The van der Waals surface area contributed by atoms with Crippen molar-refractivity contribution < 1.29 is 42.9 Å². The summed E-state index contributed by atoms with van der Waals surface area (Å²) in [5, 5.41) is 11.8. The predicted molar refractivity (Wildman–Crippen MR) is 315 cm³/mol. The fourth-order valence-corrected chi connectivity index (χ4v) is 9.24. The Morgan fingerprint density at radius 2 is 0.760 bits per heavy atom. The second-order valence-electron chi connectivity index (χ2n) is 22.7. The molecule has 75 heavy (non-hydrogen) atoms. The molecule has 2 unspecified atom stereocenters. The molecule has 0 heterocycles. The third-order valence-corrected chi connectivity index (χ3v) is 14.1. The average Bonchev–Trinajstić information content (AvgIpc) is 3.38. The van der Waals surface area contributed by atoms with Gasteiger partial charge < -0.3 is 33.3 Å². The highest BCUT2D eigenvalue weighted by molar-refractivity contribution is 5.70. The maximum absolute atomic E-state index is 12.9. The van der Waals surface area contributed by atoms with Crippen LogP contribution in [0.2, 0.25) is 0 Å². The van der Waals surface area contributed by atoms with Crippen LogP contribution in [0, 0.1) is 0 Å². The molecule has 0 aliphatic heterocycles. The number of carboxylic acid groups (broad SMARTS) is 1. The largest absolute Gasteiger partial charge is 0.545 e. The van der Waals surface area contributed by atoms with Crippen LogP contribution in [0.25, 0.3) is 0 Å². The third-order valence-electron chi connectivity index (χ3n) is 14.1. The lowest BCUT2D eigenvalue weighted by Gasteiger charge is -2.26. The molecule has 2 atom stereocenters. The topological polar surface area (TPSA) is 111 Å². The van der Waals surface area contributed by atoms with Crippen LogP contribution in [0.15, 0.2) is 48.6 Å². The Labute approximate surface area is 463 Å². The highest BCUT2D eigenvalue weighted by atomic mass is 16.7. The average molecular weight is 1060 g/mol. The number of unbranched alkanes of at least 4 members (excludes halogenated alkanes) is 36. The molecule has 0 fully saturated rings. The second-order valence-corrected chi connectivity index (χ2v) is 22.7. The second kappa shape index (κ2) is 57.4. The minimum Gasteiger partial charge on any atom is -0.545 e. The number of aliphatic carboxylic acids is 1. The lowest BCUT2D eigenvalue weighted by molar-refractivity contribution is -0.870. The molecule has 0 N–H and O–H groups in total. The highest BCUT2D eigenvalue weighted by Crippen LogP contribution is 2.18. The van der Waals surface area contributed by atoms with Gasteiger partial charge in [0.25, 0.3) is 0 Å². The minimum absolute atomic E-state index is 0.150. The Kier molecular flexibility index (Phi) is 55.3. The van der Waals surface area contributed by atoms with Gasteiger partial charge in [-0.15, -0.1) is 0 Å². The summed E-state index contributed by atoms with van der Waals surface area (Å²) < 4.78 is 22.8. The zero-order chi connectivity index (χ0) is 54.8. The fourth-order valence-electron chi connectivity index (χ4n) is 9.24. The van der Waals surface area contributed by atoms with Crippen molar-refractivity contribution in [2.24, 2.45) is 0 Å². The number of carbonyl (C=O) groups is 3. The van der Waals surface area contributed by atoms with E-state index in [-0.39, 0.29) is 32.2 Å². The van der Waals surface area contributed by atoms with Gasteiger partial charge in [0, 0.05) is 12.8 Å². The Morgan fingerprint density at radius 1 is 0.413 bits per heavy atom. The molecule has 0 aliphatic carbocycles. The van der Waals surface area contributed by atoms with Crippen molar-refractivity contribution in [3.8, 4) is 0 Å². The normalized spacial score (nSPS) is 13.0. The quantitative estimate of drug-likeness (QED) is 0.0195. The predicted octanol–water partition coefficient (Wildman–Crippen LogP) is 17.7. The van der Waals surface area contributed by atoms with Crippen LogP contribution in [0.5, 0.6) is 0 Å². The van der Waals surface area contributed by atoms with Crippen molar-refractivity contribution in [3.63, 3.8) is 0 Å². The zero-order valence-electron chi connectivity index (χ0n) is 49.9. The van der Waals surface area contributed by atoms with Gasteiger partial charge in [0.2, 0.25) is 0 Å².